The largest absolute Gasteiger partial charge is 0.370 e. The molecule has 0 bridgehead atoms. The number of rotatable bonds is 2. The maximum atomic E-state index is 3.56. The zero-order valence-corrected chi connectivity index (χ0v) is 12.0. The lowest BCUT2D eigenvalue weighted by Crippen LogP contribution is -2.29. The van der Waals surface area contributed by atoms with Gasteiger partial charge in [0.25, 0.3) is 0 Å². The first kappa shape index (κ1) is 13.2. The molecule has 0 aliphatic carbocycles. The monoisotopic (exact) mass is 266 g/mol. The molecule has 0 aromatic heterocycles. The minimum absolute atomic E-state index is 0.615. The normalized spacial score (nSPS) is 19.6. The second kappa shape index (κ2) is 6.10. The molecular formula is C18H22N2. The summed E-state index contributed by atoms with van der Waals surface area (Å²) in [5.74, 6) is 0. The number of nitrogens with one attached hydrogen (secondary N) is 1. The third-order valence-electron chi connectivity index (χ3n) is 4.04. The summed E-state index contributed by atoms with van der Waals surface area (Å²) in [5, 5.41) is 3.56. The predicted octanol–water partition coefficient (Wildman–Crippen LogP) is 3.54. The van der Waals surface area contributed by atoms with Gasteiger partial charge in [-0.1, -0.05) is 48.5 Å². The fraction of sp³-hybridized carbons (Fsp3) is 0.333. The smallest absolute Gasteiger partial charge is 0.0446 e. The SMILES string of the molecule is CC1CCN(c2ccccc2-c2ccccc2)CCN1. The van der Waals surface area contributed by atoms with E-state index in [-0.39, 0.29) is 0 Å². The first-order chi connectivity index (χ1) is 9.84. The van der Waals surface area contributed by atoms with Gasteiger partial charge in [-0.3, -0.25) is 0 Å². The Morgan fingerprint density at radius 1 is 0.950 bits per heavy atom. The van der Waals surface area contributed by atoms with Gasteiger partial charge in [0.1, 0.15) is 0 Å². The Kier molecular flexibility index (Phi) is 4.03. The molecule has 1 N–H and O–H groups in total. The van der Waals surface area contributed by atoms with Crippen molar-refractivity contribution in [2.75, 3.05) is 24.5 Å². The van der Waals surface area contributed by atoms with Crippen LogP contribution in [-0.4, -0.2) is 25.7 Å². The minimum atomic E-state index is 0.615. The van der Waals surface area contributed by atoms with E-state index in [9.17, 15) is 0 Å². The summed E-state index contributed by atoms with van der Waals surface area (Å²) >= 11 is 0. The lowest BCUT2D eigenvalue weighted by Gasteiger charge is -2.25. The van der Waals surface area contributed by atoms with E-state index in [1.807, 2.05) is 0 Å². The summed E-state index contributed by atoms with van der Waals surface area (Å²) in [6.45, 7) is 5.53. The Hall–Kier alpha value is -1.80. The van der Waals surface area contributed by atoms with E-state index in [0.717, 1.165) is 19.6 Å². The number of anilines is 1. The predicted molar refractivity (Wildman–Crippen MR) is 86.2 cm³/mol. The van der Waals surface area contributed by atoms with Gasteiger partial charge in [0, 0.05) is 36.9 Å². The molecule has 2 aromatic rings. The molecule has 1 saturated heterocycles. The highest BCUT2D eigenvalue weighted by Gasteiger charge is 2.16. The van der Waals surface area contributed by atoms with Gasteiger partial charge < -0.3 is 10.2 Å². The maximum Gasteiger partial charge on any atom is 0.0446 e. The summed E-state index contributed by atoms with van der Waals surface area (Å²) in [4.78, 5) is 2.51. The molecule has 2 nitrogen and oxygen atoms in total. The molecule has 0 spiro atoms. The summed E-state index contributed by atoms with van der Waals surface area (Å²) in [7, 11) is 0. The molecule has 0 radical (unpaired) electrons. The third-order valence-corrected chi connectivity index (χ3v) is 4.04. The molecule has 2 aromatic carbocycles. The second-order valence-electron chi connectivity index (χ2n) is 5.51. The first-order valence-corrected chi connectivity index (χ1v) is 7.47. The molecule has 1 heterocycles. The van der Waals surface area contributed by atoms with E-state index in [1.165, 1.54) is 23.2 Å². The van der Waals surface area contributed by atoms with E-state index in [4.69, 9.17) is 0 Å². The van der Waals surface area contributed by atoms with Crippen molar-refractivity contribution in [1.82, 2.24) is 5.32 Å². The molecular weight excluding hydrogens is 244 g/mol. The zero-order valence-electron chi connectivity index (χ0n) is 12.0. The lowest BCUT2D eigenvalue weighted by atomic mass is 10.0. The summed E-state index contributed by atoms with van der Waals surface area (Å²) in [6.07, 6.45) is 1.20. The van der Waals surface area contributed by atoms with Crippen LogP contribution in [0.15, 0.2) is 54.6 Å². The summed E-state index contributed by atoms with van der Waals surface area (Å²) in [6, 6.07) is 20.0. The van der Waals surface area contributed by atoms with Crippen molar-refractivity contribution in [3.8, 4) is 11.1 Å². The molecule has 20 heavy (non-hydrogen) atoms. The van der Waals surface area contributed by atoms with Gasteiger partial charge in [-0.25, -0.2) is 0 Å². The Morgan fingerprint density at radius 3 is 2.55 bits per heavy atom. The fourth-order valence-corrected chi connectivity index (χ4v) is 2.86. The highest BCUT2D eigenvalue weighted by Crippen LogP contribution is 2.31. The van der Waals surface area contributed by atoms with E-state index < -0.39 is 0 Å². The van der Waals surface area contributed by atoms with Gasteiger partial charge in [-0.05, 0) is 25.0 Å². The highest BCUT2D eigenvalue weighted by atomic mass is 15.2. The van der Waals surface area contributed by atoms with Crippen LogP contribution in [0.3, 0.4) is 0 Å². The second-order valence-corrected chi connectivity index (χ2v) is 5.51. The number of hydrogen-bond donors (Lipinski definition) is 1. The number of nitrogens with zero attached hydrogens (tertiary/aromatic N) is 1. The van der Waals surface area contributed by atoms with Crippen LogP contribution in [0.1, 0.15) is 13.3 Å². The Balaban J connectivity index is 1.93. The Labute approximate surface area is 121 Å². The average molecular weight is 266 g/mol. The van der Waals surface area contributed by atoms with Gasteiger partial charge in [-0.2, -0.15) is 0 Å². The van der Waals surface area contributed by atoms with Crippen molar-refractivity contribution in [2.45, 2.75) is 19.4 Å². The van der Waals surface area contributed by atoms with E-state index in [0.29, 0.717) is 6.04 Å². The van der Waals surface area contributed by atoms with Crippen molar-refractivity contribution in [3.05, 3.63) is 54.6 Å². The van der Waals surface area contributed by atoms with Gasteiger partial charge in [0.15, 0.2) is 0 Å². The van der Waals surface area contributed by atoms with Crippen molar-refractivity contribution >= 4 is 5.69 Å². The van der Waals surface area contributed by atoms with Crippen LogP contribution in [0.2, 0.25) is 0 Å². The molecule has 1 aliphatic heterocycles. The topological polar surface area (TPSA) is 15.3 Å². The summed E-state index contributed by atoms with van der Waals surface area (Å²) in [5.41, 5.74) is 3.99. The van der Waals surface area contributed by atoms with Crippen molar-refractivity contribution in [1.29, 1.82) is 0 Å². The van der Waals surface area contributed by atoms with E-state index in [1.54, 1.807) is 0 Å². The molecule has 1 unspecified atom stereocenters. The zero-order chi connectivity index (χ0) is 13.8. The molecule has 1 fully saturated rings. The number of hydrogen-bond acceptors (Lipinski definition) is 2. The summed E-state index contributed by atoms with van der Waals surface area (Å²) < 4.78 is 0. The van der Waals surface area contributed by atoms with E-state index in [2.05, 4.69) is 71.7 Å². The third kappa shape index (κ3) is 2.86. The van der Waals surface area contributed by atoms with E-state index >= 15 is 0 Å². The van der Waals surface area contributed by atoms with Crippen LogP contribution >= 0.6 is 0 Å². The van der Waals surface area contributed by atoms with Crippen molar-refractivity contribution in [3.63, 3.8) is 0 Å². The molecule has 2 heteroatoms. The van der Waals surface area contributed by atoms with Crippen LogP contribution in [0.4, 0.5) is 5.69 Å². The van der Waals surface area contributed by atoms with Crippen molar-refractivity contribution in [2.24, 2.45) is 0 Å². The molecule has 1 aliphatic rings. The number of para-hydroxylation sites is 1. The van der Waals surface area contributed by atoms with Gasteiger partial charge in [-0.15, -0.1) is 0 Å². The molecule has 3 rings (SSSR count). The fourth-order valence-electron chi connectivity index (χ4n) is 2.86. The van der Waals surface area contributed by atoms with Crippen LogP contribution in [0.5, 0.6) is 0 Å². The molecule has 104 valence electrons. The molecule has 0 amide bonds. The standard InChI is InChI=1S/C18H22N2/c1-15-11-13-20(14-12-19-15)18-10-6-5-9-17(18)16-7-3-2-4-8-16/h2-10,15,19H,11-14H2,1H3. The van der Waals surface area contributed by atoms with Gasteiger partial charge >= 0.3 is 0 Å². The Morgan fingerprint density at radius 2 is 1.70 bits per heavy atom. The lowest BCUT2D eigenvalue weighted by molar-refractivity contribution is 0.566. The maximum absolute atomic E-state index is 3.56. The quantitative estimate of drug-likeness (QED) is 0.894. The minimum Gasteiger partial charge on any atom is -0.370 e. The van der Waals surface area contributed by atoms with Gasteiger partial charge in [0.05, 0.1) is 0 Å². The molecule has 1 atom stereocenters. The van der Waals surface area contributed by atoms with Crippen LogP contribution in [0, 0.1) is 0 Å². The van der Waals surface area contributed by atoms with Gasteiger partial charge in [0.2, 0.25) is 0 Å². The van der Waals surface area contributed by atoms with Crippen LogP contribution in [-0.2, 0) is 0 Å². The van der Waals surface area contributed by atoms with Crippen LogP contribution < -0.4 is 10.2 Å². The first-order valence-electron chi connectivity index (χ1n) is 7.47. The molecule has 0 saturated carbocycles. The van der Waals surface area contributed by atoms with Crippen molar-refractivity contribution < 1.29 is 0 Å². The highest BCUT2D eigenvalue weighted by molar-refractivity contribution is 5.78. The van der Waals surface area contributed by atoms with Crippen LogP contribution in [0.25, 0.3) is 11.1 Å². The number of benzene rings is 2. The average Bonchev–Trinajstić information content (AvgIpc) is 2.73. The Bertz CT molecular complexity index is 550.